The number of nitrogens with zero attached hydrogens (tertiary/aromatic N) is 4. The Morgan fingerprint density at radius 3 is 2.62 bits per heavy atom. The number of benzene rings is 2. The number of hydrogen-bond acceptors (Lipinski definition) is 3. The van der Waals surface area contributed by atoms with E-state index in [1.807, 2.05) is 19.6 Å². The van der Waals surface area contributed by atoms with Crippen LogP contribution in [0.5, 0.6) is 0 Å². The standard InChI is InChI=1S/C23H28N6/c1-24-23(27-21-11-13-29(17-21)22-5-3-2-4-6-22)26-15-19-7-9-20(10-8-19)16-28-14-12-25-18-28/h2-10,12,14,18,21H,11,13,15-17H2,1H3,(H2,24,26,27). The molecule has 6 nitrogen and oxygen atoms in total. The quantitative estimate of drug-likeness (QED) is 0.504. The molecule has 1 unspecified atom stereocenters. The van der Waals surface area contributed by atoms with Gasteiger partial charge in [0.1, 0.15) is 0 Å². The predicted molar refractivity (Wildman–Crippen MR) is 118 cm³/mol. The van der Waals surface area contributed by atoms with Gasteiger partial charge < -0.3 is 20.1 Å². The van der Waals surface area contributed by atoms with Crippen molar-refractivity contribution in [3.8, 4) is 0 Å². The van der Waals surface area contributed by atoms with Crippen LogP contribution in [0.2, 0.25) is 0 Å². The lowest BCUT2D eigenvalue weighted by atomic mass is 10.1. The van der Waals surface area contributed by atoms with Gasteiger partial charge in [0, 0.05) is 57.3 Å². The first-order valence-electron chi connectivity index (χ1n) is 10.1. The fraction of sp³-hybridized carbons (Fsp3) is 0.304. The normalized spacial score (nSPS) is 16.8. The van der Waals surface area contributed by atoms with Crippen molar-refractivity contribution in [3.05, 3.63) is 84.4 Å². The summed E-state index contributed by atoms with van der Waals surface area (Å²) in [6.45, 7) is 3.65. The first-order valence-corrected chi connectivity index (χ1v) is 10.1. The van der Waals surface area contributed by atoms with E-state index in [1.54, 1.807) is 6.20 Å². The second kappa shape index (κ2) is 9.28. The van der Waals surface area contributed by atoms with Crippen molar-refractivity contribution in [1.82, 2.24) is 20.2 Å². The maximum atomic E-state index is 4.40. The Kier molecular flexibility index (Phi) is 6.10. The predicted octanol–water partition coefficient (Wildman–Crippen LogP) is 2.88. The largest absolute Gasteiger partial charge is 0.369 e. The number of aromatic nitrogens is 2. The Balaban J connectivity index is 1.25. The molecule has 0 amide bonds. The summed E-state index contributed by atoms with van der Waals surface area (Å²) in [5, 5.41) is 7.00. The molecule has 1 aliphatic heterocycles. The van der Waals surface area contributed by atoms with Gasteiger partial charge in [0.25, 0.3) is 0 Å². The SMILES string of the molecule is CN=C(NCc1ccc(Cn2ccnc2)cc1)NC1CCN(c2ccccc2)C1. The highest BCUT2D eigenvalue weighted by Crippen LogP contribution is 2.19. The van der Waals surface area contributed by atoms with E-state index in [-0.39, 0.29) is 0 Å². The fourth-order valence-corrected chi connectivity index (χ4v) is 3.68. The van der Waals surface area contributed by atoms with Gasteiger partial charge in [-0.1, -0.05) is 42.5 Å². The van der Waals surface area contributed by atoms with E-state index >= 15 is 0 Å². The number of hydrogen-bond donors (Lipinski definition) is 2. The van der Waals surface area contributed by atoms with E-state index in [4.69, 9.17) is 0 Å². The van der Waals surface area contributed by atoms with E-state index in [1.165, 1.54) is 16.8 Å². The highest BCUT2D eigenvalue weighted by Gasteiger charge is 2.23. The van der Waals surface area contributed by atoms with E-state index in [0.29, 0.717) is 6.04 Å². The monoisotopic (exact) mass is 388 g/mol. The zero-order chi connectivity index (χ0) is 19.9. The van der Waals surface area contributed by atoms with Crippen LogP contribution in [-0.2, 0) is 13.1 Å². The van der Waals surface area contributed by atoms with Crippen LogP contribution in [0.3, 0.4) is 0 Å². The summed E-state index contributed by atoms with van der Waals surface area (Å²) < 4.78 is 2.07. The van der Waals surface area contributed by atoms with Crippen molar-refractivity contribution in [3.63, 3.8) is 0 Å². The van der Waals surface area contributed by atoms with Crippen molar-refractivity contribution >= 4 is 11.6 Å². The van der Waals surface area contributed by atoms with Gasteiger partial charge in [0.05, 0.1) is 6.33 Å². The van der Waals surface area contributed by atoms with E-state index in [9.17, 15) is 0 Å². The second-order valence-corrected chi connectivity index (χ2v) is 7.39. The number of anilines is 1. The maximum absolute atomic E-state index is 4.40. The van der Waals surface area contributed by atoms with Gasteiger partial charge in [-0.05, 0) is 29.7 Å². The van der Waals surface area contributed by atoms with Crippen LogP contribution in [0.15, 0.2) is 78.3 Å². The zero-order valence-electron chi connectivity index (χ0n) is 16.8. The van der Waals surface area contributed by atoms with Gasteiger partial charge in [-0.3, -0.25) is 4.99 Å². The minimum absolute atomic E-state index is 0.402. The Morgan fingerprint density at radius 2 is 1.90 bits per heavy atom. The van der Waals surface area contributed by atoms with Crippen molar-refractivity contribution in [2.45, 2.75) is 25.6 Å². The maximum Gasteiger partial charge on any atom is 0.191 e. The summed E-state index contributed by atoms with van der Waals surface area (Å²) in [4.78, 5) is 10.9. The lowest BCUT2D eigenvalue weighted by Gasteiger charge is -2.20. The molecule has 1 fully saturated rings. The van der Waals surface area contributed by atoms with Crippen LogP contribution >= 0.6 is 0 Å². The van der Waals surface area contributed by atoms with Gasteiger partial charge >= 0.3 is 0 Å². The molecular formula is C23H28N6. The molecule has 0 saturated carbocycles. The van der Waals surface area contributed by atoms with Crippen LogP contribution in [0.4, 0.5) is 5.69 Å². The molecule has 1 aromatic heterocycles. The molecule has 1 saturated heterocycles. The van der Waals surface area contributed by atoms with Gasteiger partial charge in [-0.15, -0.1) is 0 Å². The Morgan fingerprint density at radius 1 is 1.10 bits per heavy atom. The summed E-state index contributed by atoms with van der Waals surface area (Å²) in [5.41, 5.74) is 3.79. The minimum Gasteiger partial charge on any atom is -0.369 e. The molecular weight excluding hydrogens is 360 g/mol. The third kappa shape index (κ3) is 5.16. The second-order valence-electron chi connectivity index (χ2n) is 7.39. The van der Waals surface area contributed by atoms with Crippen LogP contribution in [-0.4, -0.2) is 41.7 Å². The highest BCUT2D eigenvalue weighted by atomic mass is 15.2. The summed E-state index contributed by atoms with van der Waals surface area (Å²) in [6.07, 6.45) is 6.74. The van der Waals surface area contributed by atoms with Gasteiger partial charge in [-0.2, -0.15) is 0 Å². The first-order chi connectivity index (χ1) is 14.3. The molecule has 4 rings (SSSR count). The molecule has 2 aromatic carbocycles. The lowest BCUT2D eigenvalue weighted by molar-refractivity contribution is 0.648. The molecule has 0 bridgehead atoms. The third-order valence-corrected chi connectivity index (χ3v) is 5.28. The highest BCUT2D eigenvalue weighted by molar-refractivity contribution is 5.80. The first kappa shape index (κ1) is 19.1. The number of nitrogens with one attached hydrogen (secondary N) is 2. The Hall–Kier alpha value is -3.28. The molecule has 0 spiro atoms. The van der Waals surface area contributed by atoms with Crippen LogP contribution in [0, 0.1) is 0 Å². The summed E-state index contributed by atoms with van der Waals surface area (Å²) in [7, 11) is 1.83. The van der Waals surface area contributed by atoms with Gasteiger partial charge in [0.15, 0.2) is 5.96 Å². The van der Waals surface area contributed by atoms with Crippen molar-refractivity contribution in [2.24, 2.45) is 4.99 Å². The van der Waals surface area contributed by atoms with E-state index in [0.717, 1.165) is 38.6 Å². The molecule has 29 heavy (non-hydrogen) atoms. The summed E-state index contributed by atoms with van der Waals surface area (Å²) in [5.74, 6) is 0.854. The number of rotatable bonds is 6. The number of aliphatic imine (C=N–C) groups is 1. The van der Waals surface area contributed by atoms with E-state index < -0.39 is 0 Å². The lowest BCUT2D eigenvalue weighted by Crippen LogP contribution is -2.44. The average Bonchev–Trinajstić information content (AvgIpc) is 3.45. The Bertz CT molecular complexity index is 902. The summed E-state index contributed by atoms with van der Waals surface area (Å²) >= 11 is 0. The molecule has 6 heteroatoms. The van der Waals surface area contributed by atoms with E-state index in [2.05, 4.69) is 84.7 Å². The zero-order valence-corrected chi connectivity index (χ0v) is 16.8. The molecule has 0 radical (unpaired) electrons. The van der Waals surface area contributed by atoms with Gasteiger partial charge in [-0.25, -0.2) is 4.98 Å². The fourth-order valence-electron chi connectivity index (χ4n) is 3.68. The number of guanidine groups is 1. The van der Waals surface area contributed by atoms with Crippen molar-refractivity contribution in [1.29, 1.82) is 0 Å². The molecule has 150 valence electrons. The van der Waals surface area contributed by atoms with Crippen LogP contribution in [0.1, 0.15) is 17.5 Å². The van der Waals surface area contributed by atoms with Crippen molar-refractivity contribution < 1.29 is 0 Å². The molecule has 1 aliphatic rings. The van der Waals surface area contributed by atoms with Crippen LogP contribution < -0.4 is 15.5 Å². The molecule has 0 aliphatic carbocycles. The smallest absolute Gasteiger partial charge is 0.191 e. The summed E-state index contributed by atoms with van der Waals surface area (Å²) in [6, 6.07) is 19.7. The minimum atomic E-state index is 0.402. The molecule has 1 atom stereocenters. The topological polar surface area (TPSA) is 57.5 Å². The van der Waals surface area contributed by atoms with Gasteiger partial charge in [0.2, 0.25) is 0 Å². The molecule has 2 heterocycles. The molecule has 3 aromatic rings. The molecule has 2 N–H and O–H groups in total. The number of imidazole rings is 1. The van der Waals surface area contributed by atoms with Crippen molar-refractivity contribution in [2.75, 3.05) is 25.0 Å². The average molecular weight is 389 g/mol. The van der Waals surface area contributed by atoms with Crippen LogP contribution in [0.25, 0.3) is 0 Å². The number of para-hydroxylation sites is 1. The Labute approximate surface area is 172 Å². The third-order valence-electron chi connectivity index (χ3n) is 5.28.